The molecule has 0 aromatic heterocycles. The quantitative estimate of drug-likeness (QED) is 0.325. The summed E-state index contributed by atoms with van der Waals surface area (Å²) in [5.41, 5.74) is 1.59. The minimum Gasteiger partial charge on any atom is -0.487 e. The lowest BCUT2D eigenvalue weighted by atomic mass is 10.2. The lowest BCUT2D eigenvalue weighted by molar-refractivity contribution is -0.139. The zero-order valence-corrected chi connectivity index (χ0v) is 22.9. The van der Waals surface area contributed by atoms with Crippen LogP contribution >= 0.6 is 56.9 Å². The Labute approximate surface area is 227 Å². The predicted octanol–water partition coefficient (Wildman–Crippen LogP) is 4.51. The minimum absolute atomic E-state index is 0.265. The second kappa shape index (κ2) is 11.4. The highest BCUT2D eigenvalue weighted by Gasteiger charge is 2.37. The van der Waals surface area contributed by atoms with E-state index in [0.717, 1.165) is 34.9 Å². The second-order valence-corrected chi connectivity index (χ2v) is 10.8. The van der Waals surface area contributed by atoms with Crippen LogP contribution in [-0.4, -0.2) is 59.7 Å². The summed E-state index contributed by atoms with van der Waals surface area (Å²) in [6.45, 7) is 1.84. The molecule has 0 saturated carbocycles. The Morgan fingerprint density at radius 3 is 2.41 bits per heavy atom. The fourth-order valence-corrected chi connectivity index (χ4v) is 6.34. The molecule has 0 N–H and O–H groups in total. The minimum atomic E-state index is -0.474. The van der Waals surface area contributed by atoms with Gasteiger partial charge < -0.3 is 14.4 Å². The highest BCUT2D eigenvalue weighted by molar-refractivity contribution is 14.1. The third kappa shape index (κ3) is 6.10. The van der Waals surface area contributed by atoms with Crippen molar-refractivity contribution in [1.29, 1.82) is 0 Å². The summed E-state index contributed by atoms with van der Waals surface area (Å²) in [6.07, 6.45) is 1.65. The Morgan fingerprint density at radius 1 is 1.12 bits per heavy atom. The van der Waals surface area contributed by atoms with Gasteiger partial charge in [-0.1, -0.05) is 12.1 Å². The van der Waals surface area contributed by atoms with E-state index >= 15 is 0 Å². The van der Waals surface area contributed by atoms with Crippen molar-refractivity contribution in [3.63, 3.8) is 0 Å². The van der Waals surface area contributed by atoms with Crippen LogP contribution in [0.25, 0.3) is 6.08 Å². The number of halogens is 3. The van der Waals surface area contributed by atoms with Gasteiger partial charge in [0, 0.05) is 13.1 Å². The summed E-state index contributed by atoms with van der Waals surface area (Å²) in [6, 6.07) is 9.83. The van der Waals surface area contributed by atoms with Crippen molar-refractivity contribution in [3.8, 4) is 5.75 Å². The number of thioether (sulfide) groups is 1. The monoisotopic (exact) mass is 708 g/mol. The summed E-state index contributed by atoms with van der Waals surface area (Å²) in [5.74, 6) is -0.351. The molecule has 0 spiro atoms. The van der Waals surface area contributed by atoms with Gasteiger partial charge in [-0.2, -0.15) is 0 Å². The first kappa shape index (κ1) is 25.4. The average molecular weight is 708 g/mol. The van der Waals surface area contributed by atoms with Gasteiger partial charge in [-0.05, 0) is 98.4 Å². The number of hydrogen-bond acceptors (Lipinski definition) is 6. The molecular weight excluding hydrogens is 689 g/mol. The van der Waals surface area contributed by atoms with Gasteiger partial charge in [-0.25, -0.2) is 4.39 Å². The van der Waals surface area contributed by atoms with Crippen molar-refractivity contribution in [3.05, 3.63) is 65.4 Å². The van der Waals surface area contributed by atoms with Crippen LogP contribution in [0.1, 0.15) is 11.1 Å². The van der Waals surface area contributed by atoms with Crippen LogP contribution < -0.4 is 4.74 Å². The Morgan fingerprint density at radius 2 is 1.76 bits per heavy atom. The number of nitrogens with zero attached hydrogens (tertiary/aromatic N) is 2. The summed E-state index contributed by atoms with van der Waals surface area (Å²) in [4.78, 5) is 40.6. The van der Waals surface area contributed by atoms with Crippen LogP contribution in [-0.2, 0) is 20.9 Å². The number of benzene rings is 2. The lowest BCUT2D eigenvalue weighted by Gasteiger charge is -2.28. The van der Waals surface area contributed by atoms with Crippen LogP contribution in [0, 0.1) is 13.0 Å². The van der Waals surface area contributed by atoms with Crippen molar-refractivity contribution in [1.82, 2.24) is 9.80 Å². The molecule has 0 radical (unpaired) electrons. The van der Waals surface area contributed by atoms with Crippen LogP contribution in [0.3, 0.4) is 0 Å². The molecule has 34 heavy (non-hydrogen) atoms. The van der Waals surface area contributed by atoms with E-state index < -0.39 is 11.1 Å². The summed E-state index contributed by atoms with van der Waals surface area (Å²) in [5, 5.41) is -0.457. The van der Waals surface area contributed by atoms with Crippen molar-refractivity contribution in [2.75, 3.05) is 32.8 Å². The van der Waals surface area contributed by atoms with E-state index in [0.29, 0.717) is 38.7 Å². The van der Waals surface area contributed by atoms with Gasteiger partial charge in [0.1, 0.15) is 24.7 Å². The van der Waals surface area contributed by atoms with E-state index in [2.05, 4.69) is 45.2 Å². The Kier molecular flexibility index (Phi) is 8.47. The van der Waals surface area contributed by atoms with Gasteiger partial charge in [0.15, 0.2) is 0 Å². The maximum absolute atomic E-state index is 13.1. The first-order chi connectivity index (χ1) is 16.3. The second-order valence-electron chi connectivity index (χ2n) is 7.49. The molecule has 2 fully saturated rings. The molecule has 2 aliphatic heterocycles. The number of hydrogen-bond donors (Lipinski definition) is 0. The van der Waals surface area contributed by atoms with Gasteiger partial charge in [0.25, 0.3) is 11.1 Å². The number of carbonyl (C=O) groups excluding carboxylic acids is 3. The predicted molar refractivity (Wildman–Crippen MR) is 143 cm³/mol. The van der Waals surface area contributed by atoms with E-state index in [1.165, 1.54) is 12.1 Å². The summed E-state index contributed by atoms with van der Waals surface area (Å²) in [7, 11) is 0. The highest BCUT2D eigenvalue weighted by atomic mass is 127. The van der Waals surface area contributed by atoms with Gasteiger partial charge >= 0.3 is 0 Å². The molecule has 2 aliphatic rings. The van der Waals surface area contributed by atoms with E-state index in [-0.39, 0.29) is 23.2 Å². The molecule has 0 atom stereocenters. The smallest absolute Gasteiger partial charge is 0.294 e. The van der Waals surface area contributed by atoms with Crippen molar-refractivity contribution < 1.29 is 28.2 Å². The number of carbonyl (C=O) groups is 3. The lowest BCUT2D eigenvalue weighted by Crippen LogP contribution is -2.46. The SMILES string of the molecule is O=C(CN1C(=O)S/C(=C/c2cc(I)c(OCc3ccc(F)cc3)c(I)c2)C1=O)N1CCOCC1. The molecule has 11 heteroatoms. The van der Waals surface area contributed by atoms with Crippen LogP contribution in [0.4, 0.5) is 9.18 Å². The zero-order valence-electron chi connectivity index (χ0n) is 17.8. The molecule has 0 unspecified atom stereocenters. The Balaban J connectivity index is 1.44. The number of rotatable bonds is 6. The molecule has 4 rings (SSSR count). The van der Waals surface area contributed by atoms with Crippen molar-refractivity contribution in [2.24, 2.45) is 0 Å². The molecule has 3 amide bonds. The highest BCUT2D eigenvalue weighted by Crippen LogP contribution is 2.35. The molecule has 0 bridgehead atoms. The third-order valence-corrected chi connectivity index (χ3v) is 7.66. The molecular formula is C23H19FI2N2O5S. The molecule has 2 saturated heterocycles. The molecule has 178 valence electrons. The number of morpholine rings is 1. The van der Waals surface area contributed by atoms with Gasteiger partial charge in [-0.3, -0.25) is 19.3 Å². The average Bonchev–Trinajstić information content (AvgIpc) is 3.07. The molecule has 2 aromatic rings. The first-order valence-corrected chi connectivity index (χ1v) is 13.3. The third-order valence-electron chi connectivity index (χ3n) is 5.15. The number of ether oxygens (including phenoxy) is 2. The van der Waals surface area contributed by atoms with Crippen molar-refractivity contribution >= 4 is 80.1 Å². The van der Waals surface area contributed by atoms with Crippen molar-refractivity contribution in [2.45, 2.75) is 6.61 Å². The van der Waals surface area contributed by atoms with E-state index in [1.54, 1.807) is 23.1 Å². The fourth-order valence-electron chi connectivity index (χ4n) is 3.37. The fraction of sp³-hybridized carbons (Fsp3) is 0.261. The molecule has 2 heterocycles. The summed E-state index contributed by atoms with van der Waals surface area (Å²) < 4.78 is 25.9. The van der Waals surface area contributed by atoms with Gasteiger partial charge in [0.05, 0.1) is 25.3 Å². The van der Waals surface area contributed by atoms with Gasteiger partial charge in [0.2, 0.25) is 5.91 Å². The van der Waals surface area contributed by atoms with E-state index in [4.69, 9.17) is 9.47 Å². The molecule has 7 nitrogen and oxygen atoms in total. The number of imide groups is 1. The summed E-state index contributed by atoms with van der Waals surface area (Å²) >= 11 is 5.13. The van der Waals surface area contributed by atoms with Crippen LogP contribution in [0.15, 0.2) is 41.3 Å². The Bertz CT molecular complexity index is 1130. The maximum Gasteiger partial charge on any atom is 0.294 e. The van der Waals surface area contributed by atoms with E-state index in [9.17, 15) is 18.8 Å². The Hall–Kier alpha value is -1.71. The van der Waals surface area contributed by atoms with Gasteiger partial charge in [-0.15, -0.1) is 0 Å². The normalized spacial score (nSPS) is 17.6. The standard InChI is InChI=1S/C23H19FI2N2O5S/c24-16-3-1-14(2-4-16)13-33-21-17(25)9-15(10-18(21)26)11-19-22(30)28(23(31)34-19)12-20(29)27-5-7-32-8-6-27/h1-4,9-11H,5-8,12-13H2/b19-11+. The van der Waals surface area contributed by atoms with E-state index in [1.807, 2.05) is 12.1 Å². The maximum atomic E-state index is 13.1. The largest absolute Gasteiger partial charge is 0.487 e. The number of amides is 3. The molecule has 0 aliphatic carbocycles. The van der Waals surface area contributed by atoms with Crippen LogP contribution in [0.5, 0.6) is 5.75 Å². The topological polar surface area (TPSA) is 76.2 Å². The zero-order chi connectivity index (χ0) is 24.2. The first-order valence-electron chi connectivity index (χ1n) is 10.3. The van der Waals surface area contributed by atoms with Crippen LogP contribution in [0.2, 0.25) is 0 Å². The molecule has 2 aromatic carbocycles.